The summed E-state index contributed by atoms with van der Waals surface area (Å²) in [5.74, 6) is -0.871. The molecule has 0 aliphatic carbocycles. The second kappa shape index (κ2) is 11.2. The van der Waals surface area contributed by atoms with Crippen LogP contribution in [0.1, 0.15) is 26.3 Å². The van der Waals surface area contributed by atoms with E-state index in [0.717, 1.165) is 10.6 Å². The summed E-state index contributed by atoms with van der Waals surface area (Å²) in [6.45, 7) is 4.84. The van der Waals surface area contributed by atoms with E-state index in [-0.39, 0.29) is 18.5 Å². The molecule has 0 fully saturated rings. The number of nitrogens with one attached hydrogen (secondary N) is 1. The molecule has 32 heavy (non-hydrogen) atoms. The van der Waals surface area contributed by atoms with Crippen molar-refractivity contribution in [2.24, 2.45) is 0 Å². The van der Waals surface area contributed by atoms with Gasteiger partial charge in [0.05, 0.1) is 11.9 Å². The minimum Gasteiger partial charge on any atom is -0.352 e. The van der Waals surface area contributed by atoms with E-state index < -0.39 is 28.5 Å². The van der Waals surface area contributed by atoms with Gasteiger partial charge in [-0.1, -0.05) is 41.9 Å². The number of halogens is 2. The minimum absolute atomic E-state index is 0.0543. The predicted octanol–water partition coefficient (Wildman–Crippen LogP) is 3.81. The summed E-state index contributed by atoms with van der Waals surface area (Å²) in [4.78, 5) is 27.5. The van der Waals surface area contributed by atoms with E-state index in [9.17, 15) is 18.0 Å². The van der Waals surface area contributed by atoms with E-state index in [2.05, 4.69) is 21.2 Å². The van der Waals surface area contributed by atoms with E-state index in [1.54, 1.807) is 55.5 Å². The van der Waals surface area contributed by atoms with Crippen molar-refractivity contribution in [3.8, 4) is 0 Å². The molecular formula is C22H27BrClN3O4S. The van der Waals surface area contributed by atoms with Crippen molar-refractivity contribution in [2.75, 3.05) is 17.1 Å². The van der Waals surface area contributed by atoms with Crippen LogP contribution in [0.3, 0.4) is 0 Å². The average Bonchev–Trinajstić information content (AvgIpc) is 2.70. The molecule has 174 valence electrons. The first-order valence-electron chi connectivity index (χ1n) is 9.97. The smallest absolute Gasteiger partial charge is 0.244 e. The third kappa shape index (κ3) is 6.95. The Morgan fingerprint density at radius 3 is 2.22 bits per heavy atom. The van der Waals surface area contributed by atoms with Crippen molar-refractivity contribution in [2.45, 2.75) is 39.4 Å². The first-order chi connectivity index (χ1) is 14.9. The Morgan fingerprint density at radius 1 is 1.06 bits per heavy atom. The Bertz CT molecular complexity index is 1080. The Balaban J connectivity index is 2.42. The topological polar surface area (TPSA) is 86.8 Å². The number of benzene rings is 2. The molecule has 0 spiro atoms. The van der Waals surface area contributed by atoms with Gasteiger partial charge in [-0.2, -0.15) is 0 Å². The molecule has 0 heterocycles. The number of amides is 2. The Kier molecular flexibility index (Phi) is 9.12. The fourth-order valence-electron chi connectivity index (χ4n) is 3.05. The third-order valence-electron chi connectivity index (χ3n) is 4.70. The van der Waals surface area contributed by atoms with E-state index >= 15 is 0 Å². The molecule has 10 heteroatoms. The van der Waals surface area contributed by atoms with Gasteiger partial charge in [0.25, 0.3) is 0 Å². The van der Waals surface area contributed by atoms with Gasteiger partial charge in [-0.05, 0) is 60.5 Å². The molecule has 7 nitrogen and oxygen atoms in total. The van der Waals surface area contributed by atoms with Crippen LogP contribution in [0.15, 0.2) is 53.0 Å². The molecule has 0 aliphatic rings. The maximum atomic E-state index is 13.4. The highest BCUT2D eigenvalue weighted by Crippen LogP contribution is 2.28. The lowest BCUT2D eigenvalue weighted by Crippen LogP contribution is -2.52. The first-order valence-corrected chi connectivity index (χ1v) is 13.0. The van der Waals surface area contributed by atoms with Crippen LogP contribution in [0.5, 0.6) is 0 Å². The summed E-state index contributed by atoms with van der Waals surface area (Å²) in [6, 6.07) is 12.8. The maximum Gasteiger partial charge on any atom is 0.244 e. The minimum atomic E-state index is -3.79. The van der Waals surface area contributed by atoms with Crippen molar-refractivity contribution in [1.82, 2.24) is 10.2 Å². The van der Waals surface area contributed by atoms with Crippen LogP contribution >= 0.6 is 27.5 Å². The van der Waals surface area contributed by atoms with Gasteiger partial charge in [-0.25, -0.2) is 8.42 Å². The average molecular weight is 545 g/mol. The normalized spacial score (nSPS) is 12.3. The zero-order valence-electron chi connectivity index (χ0n) is 18.4. The Labute approximate surface area is 202 Å². The van der Waals surface area contributed by atoms with Crippen molar-refractivity contribution in [3.05, 3.63) is 63.6 Å². The number of rotatable bonds is 9. The number of nitrogens with zero attached hydrogens (tertiary/aromatic N) is 2. The van der Waals surface area contributed by atoms with Gasteiger partial charge in [0, 0.05) is 22.1 Å². The zero-order valence-corrected chi connectivity index (χ0v) is 21.5. The number of hydrogen-bond acceptors (Lipinski definition) is 4. The van der Waals surface area contributed by atoms with Crippen LogP contribution < -0.4 is 9.62 Å². The number of para-hydroxylation sites is 1. The van der Waals surface area contributed by atoms with Crippen LogP contribution in [0.4, 0.5) is 5.69 Å². The fourth-order valence-corrected chi connectivity index (χ4v) is 4.72. The van der Waals surface area contributed by atoms with Crippen LogP contribution in [0.2, 0.25) is 5.02 Å². The molecule has 0 radical (unpaired) electrons. The number of sulfonamides is 1. The molecule has 2 rings (SSSR count). The lowest BCUT2D eigenvalue weighted by Gasteiger charge is -2.32. The summed E-state index contributed by atoms with van der Waals surface area (Å²) in [6.07, 6.45) is 1.03. The van der Waals surface area contributed by atoms with Crippen molar-refractivity contribution in [3.63, 3.8) is 0 Å². The predicted molar refractivity (Wildman–Crippen MR) is 131 cm³/mol. The van der Waals surface area contributed by atoms with Crippen LogP contribution in [-0.2, 0) is 26.2 Å². The summed E-state index contributed by atoms with van der Waals surface area (Å²) < 4.78 is 26.6. The van der Waals surface area contributed by atoms with Gasteiger partial charge in [0.2, 0.25) is 21.8 Å². The van der Waals surface area contributed by atoms with Gasteiger partial charge in [0.1, 0.15) is 12.6 Å². The monoisotopic (exact) mass is 543 g/mol. The molecule has 1 atom stereocenters. The highest BCUT2D eigenvalue weighted by Gasteiger charge is 2.31. The van der Waals surface area contributed by atoms with E-state index in [4.69, 9.17) is 11.6 Å². The highest BCUT2D eigenvalue weighted by molar-refractivity contribution is 9.10. The lowest BCUT2D eigenvalue weighted by molar-refractivity contribution is -0.139. The summed E-state index contributed by atoms with van der Waals surface area (Å²) in [5, 5.41) is 3.25. The van der Waals surface area contributed by atoms with Crippen LogP contribution in [0.25, 0.3) is 0 Å². The Morgan fingerprint density at radius 2 is 1.66 bits per heavy atom. The highest BCUT2D eigenvalue weighted by atomic mass is 79.9. The van der Waals surface area contributed by atoms with Gasteiger partial charge < -0.3 is 10.2 Å². The largest absolute Gasteiger partial charge is 0.352 e. The molecule has 2 aromatic rings. The number of anilines is 1. The molecule has 0 saturated heterocycles. The fraction of sp³-hybridized carbons (Fsp3) is 0.364. The molecule has 2 aromatic carbocycles. The molecule has 0 aliphatic heterocycles. The second-order valence-corrected chi connectivity index (χ2v) is 10.8. The first kappa shape index (κ1) is 26.2. The second-order valence-electron chi connectivity index (χ2n) is 7.67. The molecule has 0 bridgehead atoms. The molecular weight excluding hydrogens is 518 g/mol. The number of carbonyl (C=O) groups excluding carboxylic acids is 2. The SMILES string of the molecule is CC(C)NC(=O)[C@@H](C)N(Cc1ccccc1Cl)C(=O)CN(c1ccccc1Br)S(C)(=O)=O. The molecule has 2 amide bonds. The number of carbonyl (C=O) groups is 2. The van der Waals surface area contributed by atoms with Gasteiger partial charge in [-0.15, -0.1) is 0 Å². The van der Waals surface area contributed by atoms with Crippen molar-refractivity contribution < 1.29 is 18.0 Å². The van der Waals surface area contributed by atoms with Crippen LogP contribution in [0, 0.1) is 0 Å². The third-order valence-corrected chi connectivity index (χ3v) is 6.86. The van der Waals surface area contributed by atoms with Crippen LogP contribution in [-0.4, -0.2) is 50.0 Å². The quantitative estimate of drug-likeness (QED) is 0.520. The van der Waals surface area contributed by atoms with Gasteiger partial charge >= 0.3 is 0 Å². The number of hydrogen-bond donors (Lipinski definition) is 1. The summed E-state index contributed by atoms with van der Waals surface area (Å²) >= 11 is 9.63. The molecule has 0 unspecified atom stereocenters. The zero-order chi connectivity index (χ0) is 24.1. The molecule has 0 saturated carbocycles. The molecule has 1 N–H and O–H groups in total. The summed E-state index contributed by atoms with van der Waals surface area (Å²) in [7, 11) is -3.79. The maximum absolute atomic E-state index is 13.4. The van der Waals surface area contributed by atoms with E-state index in [1.165, 1.54) is 4.90 Å². The Hall–Kier alpha value is -2.10. The molecule has 0 aromatic heterocycles. The standard InChI is InChI=1S/C22H27BrClN3O4S/c1-15(2)25-22(29)16(3)26(13-17-9-5-7-11-19(17)24)21(28)14-27(32(4,30)31)20-12-8-6-10-18(20)23/h5-12,15-16H,13-14H2,1-4H3,(H,25,29)/t16-/m1/s1. The van der Waals surface area contributed by atoms with Crippen molar-refractivity contribution >= 4 is 55.1 Å². The van der Waals surface area contributed by atoms with Crippen molar-refractivity contribution in [1.29, 1.82) is 0 Å². The van der Waals surface area contributed by atoms with E-state index in [1.807, 2.05) is 13.8 Å². The van der Waals surface area contributed by atoms with Gasteiger partial charge in [0.15, 0.2) is 0 Å². The van der Waals surface area contributed by atoms with Gasteiger partial charge in [-0.3, -0.25) is 13.9 Å². The summed E-state index contributed by atoms with van der Waals surface area (Å²) in [5.41, 5.74) is 0.985. The lowest BCUT2D eigenvalue weighted by atomic mass is 10.1. The van der Waals surface area contributed by atoms with E-state index in [0.29, 0.717) is 20.7 Å².